The van der Waals surface area contributed by atoms with E-state index in [1.807, 2.05) is 13.0 Å². The van der Waals surface area contributed by atoms with Crippen LogP contribution in [-0.4, -0.2) is 35.0 Å². The first-order valence-electron chi connectivity index (χ1n) is 6.87. The Hall–Kier alpha value is -0.880. The van der Waals surface area contributed by atoms with Gasteiger partial charge in [0, 0.05) is 27.6 Å². The second-order valence-corrected chi connectivity index (χ2v) is 7.30. The zero-order chi connectivity index (χ0) is 15.6. The molecular weight excluding hydrogens is 402 g/mol. The normalized spacial score (nSPS) is 21.6. The Morgan fingerprint density at radius 2 is 1.90 bits per heavy atom. The molecule has 1 N–H and O–H groups in total. The molecule has 1 amide bonds. The number of halogens is 2. The fourth-order valence-corrected chi connectivity index (χ4v) is 4.16. The highest BCUT2D eigenvalue weighted by molar-refractivity contribution is 9.11. The molecule has 1 saturated heterocycles. The number of likely N-dealkylation sites (tertiary alicyclic amines) is 1. The first-order valence-corrected chi connectivity index (χ1v) is 8.45. The minimum absolute atomic E-state index is 0.115. The van der Waals surface area contributed by atoms with Crippen molar-refractivity contribution in [1.82, 2.24) is 4.90 Å². The van der Waals surface area contributed by atoms with Gasteiger partial charge < -0.3 is 10.0 Å². The minimum Gasteiger partial charge on any atom is -0.481 e. The average molecular weight is 419 g/mol. The van der Waals surface area contributed by atoms with Gasteiger partial charge in [0.1, 0.15) is 0 Å². The second kappa shape index (κ2) is 6.48. The summed E-state index contributed by atoms with van der Waals surface area (Å²) in [6, 6.07) is 5.38. The Balaban J connectivity index is 2.20. The zero-order valence-corrected chi connectivity index (χ0v) is 14.9. The highest BCUT2D eigenvalue weighted by Crippen LogP contribution is 2.36. The molecule has 0 bridgehead atoms. The van der Waals surface area contributed by atoms with E-state index < -0.39 is 11.4 Å². The Morgan fingerprint density at radius 1 is 1.29 bits per heavy atom. The van der Waals surface area contributed by atoms with E-state index in [9.17, 15) is 14.7 Å². The number of carbonyl (C=O) groups excluding carboxylic acids is 1. The van der Waals surface area contributed by atoms with Crippen LogP contribution in [0.15, 0.2) is 27.1 Å². The van der Waals surface area contributed by atoms with E-state index in [1.54, 1.807) is 17.0 Å². The summed E-state index contributed by atoms with van der Waals surface area (Å²) in [6.45, 7) is 2.76. The summed E-state index contributed by atoms with van der Waals surface area (Å²) in [4.78, 5) is 25.8. The Labute approximate surface area is 140 Å². The molecule has 0 saturated carbocycles. The summed E-state index contributed by atoms with van der Waals surface area (Å²) >= 11 is 6.73. The summed E-state index contributed by atoms with van der Waals surface area (Å²) in [6.07, 6.45) is 1.93. The second-order valence-electron chi connectivity index (χ2n) is 5.47. The van der Waals surface area contributed by atoms with Crippen LogP contribution in [0.1, 0.15) is 36.5 Å². The summed E-state index contributed by atoms with van der Waals surface area (Å²) in [7, 11) is 0. The van der Waals surface area contributed by atoms with Crippen LogP contribution in [0.2, 0.25) is 0 Å². The third-order valence-corrected chi connectivity index (χ3v) is 4.85. The number of benzene rings is 1. The van der Waals surface area contributed by atoms with E-state index in [-0.39, 0.29) is 5.91 Å². The van der Waals surface area contributed by atoms with Crippen molar-refractivity contribution in [3.8, 4) is 0 Å². The fourth-order valence-electron chi connectivity index (χ4n) is 2.87. The van der Waals surface area contributed by atoms with Gasteiger partial charge in [-0.25, -0.2) is 0 Å². The number of amides is 1. The molecule has 1 aromatic carbocycles. The van der Waals surface area contributed by atoms with Crippen molar-refractivity contribution in [1.29, 1.82) is 0 Å². The summed E-state index contributed by atoms with van der Waals surface area (Å²) in [5, 5.41) is 9.50. The number of carboxylic acid groups (broad SMARTS) is 1. The smallest absolute Gasteiger partial charge is 0.311 e. The Morgan fingerprint density at radius 3 is 2.43 bits per heavy atom. The first-order chi connectivity index (χ1) is 9.88. The molecule has 2 rings (SSSR count). The van der Waals surface area contributed by atoms with E-state index in [1.165, 1.54) is 0 Å². The first kappa shape index (κ1) is 16.5. The van der Waals surface area contributed by atoms with Gasteiger partial charge in [-0.3, -0.25) is 9.59 Å². The lowest BCUT2D eigenvalue weighted by atomic mass is 9.83. The number of hydrogen-bond donors (Lipinski definition) is 1. The van der Waals surface area contributed by atoms with Crippen LogP contribution in [0.3, 0.4) is 0 Å². The molecule has 1 unspecified atom stereocenters. The van der Waals surface area contributed by atoms with E-state index >= 15 is 0 Å². The van der Waals surface area contributed by atoms with Gasteiger partial charge in [0.25, 0.3) is 5.91 Å². The molecule has 114 valence electrons. The highest BCUT2D eigenvalue weighted by atomic mass is 79.9. The largest absolute Gasteiger partial charge is 0.481 e. The monoisotopic (exact) mass is 417 g/mol. The van der Waals surface area contributed by atoms with E-state index in [4.69, 9.17) is 0 Å². The fraction of sp³-hybridized carbons (Fsp3) is 0.467. The van der Waals surface area contributed by atoms with Crippen LogP contribution in [0.4, 0.5) is 0 Å². The number of rotatable bonds is 4. The maximum atomic E-state index is 12.6. The highest BCUT2D eigenvalue weighted by Gasteiger charge is 2.45. The Bertz CT molecular complexity index is 556. The molecule has 1 fully saturated rings. The van der Waals surface area contributed by atoms with Crippen LogP contribution >= 0.6 is 31.9 Å². The maximum absolute atomic E-state index is 12.6. The molecule has 1 atom stereocenters. The summed E-state index contributed by atoms with van der Waals surface area (Å²) in [5.74, 6) is -0.911. The van der Waals surface area contributed by atoms with Crippen molar-refractivity contribution < 1.29 is 14.7 Å². The van der Waals surface area contributed by atoms with Gasteiger partial charge in [-0.05, 0) is 31.0 Å². The van der Waals surface area contributed by atoms with Crippen LogP contribution < -0.4 is 0 Å². The minimum atomic E-state index is -0.796. The molecule has 4 nitrogen and oxygen atoms in total. The molecule has 1 aliphatic rings. The molecule has 0 radical (unpaired) electrons. The van der Waals surface area contributed by atoms with Crippen molar-refractivity contribution in [3.05, 3.63) is 32.7 Å². The standard InChI is InChI=1S/C15H17Br2NO3/c1-2-3-15(14(20)21)4-5-18(9-15)13(19)10-6-11(16)8-12(17)7-10/h6-8H,2-5,9H2,1H3,(H,20,21). The van der Waals surface area contributed by atoms with Gasteiger partial charge in [0.15, 0.2) is 0 Å². The number of aliphatic carboxylic acids is 1. The van der Waals surface area contributed by atoms with Crippen LogP contribution in [0.5, 0.6) is 0 Å². The molecular formula is C15H17Br2NO3. The SMILES string of the molecule is CCCC1(C(=O)O)CCN(C(=O)c2cc(Br)cc(Br)c2)C1. The molecule has 0 spiro atoms. The van der Waals surface area contributed by atoms with Crippen molar-refractivity contribution in [2.24, 2.45) is 5.41 Å². The molecule has 6 heteroatoms. The number of hydrogen-bond acceptors (Lipinski definition) is 2. The summed E-state index contributed by atoms with van der Waals surface area (Å²) in [5.41, 5.74) is -0.220. The van der Waals surface area contributed by atoms with Gasteiger partial charge >= 0.3 is 5.97 Å². The van der Waals surface area contributed by atoms with Gasteiger partial charge in [-0.1, -0.05) is 45.2 Å². The zero-order valence-electron chi connectivity index (χ0n) is 11.7. The number of carbonyl (C=O) groups is 2. The van der Waals surface area contributed by atoms with Crippen molar-refractivity contribution in [2.45, 2.75) is 26.2 Å². The van der Waals surface area contributed by atoms with E-state index in [0.29, 0.717) is 31.5 Å². The number of carboxylic acids is 1. The van der Waals surface area contributed by atoms with E-state index in [0.717, 1.165) is 15.4 Å². The van der Waals surface area contributed by atoms with Crippen molar-refractivity contribution >= 4 is 43.7 Å². The molecule has 1 aromatic rings. The lowest BCUT2D eigenvalue weighted by Gasteiger charge is -2.24. The van der Waals surface area contributed by atoms with Gasteiger partial charge in [-0.15, -0.1) is 0 Å². The van der Waals surface area contributed by atoms with Gasteiger partial charge in [-0.2, -0.15) is 0 Å². The lowest BCUT2D eigenvalue weighted by Crippen LogP contribution is -2.36. The molecule has 1 aliphatic heterocycles. The van der Waals surface area contributed by atoms with Crippen LogP contribution in [0.25, 0.3) is 0 Å². The quantitative estimate of drug-likeness (QED) is 0.805. The molecule has 0 aliphatic carbocycles. The van der Waals surface area contributed by atoms with Gasteiger partial charge in [0.2, 0.25) is 0 Å². The molecule has 1 heterocycles. The summed E-state index contributed by atoms with van der Waals surface area (Å²) < 4.78 is 1.63. The lowest BCUT2D eigenvalue weighted by molar-refractivity contribution is -0.148. The number of nitrogens with zero attached hydrogens (tertiary/aromatic N) is 1. The van der Waals surface area contributed by atoms with Crippen molar-refractivity contribution in [3.63, 3.8) is 0 Å². The predicted molar refractivity (Wildman–Crippen MR) is 87.3 cm³/mol. The molecule has 0 aromatic heterocycles. The topological polar surface area (TPSA) is 57.6 Å². The van der Waals surface area contributed by atoms with Crippen molar-refractivity contribution in [2.75, 3.05) is 13.1 Å². The average Bonchev–Trinajstić information content (AvgIpc) is 2.83. The van der Waals surface area contributed by atoms with Crippen LogP contribution in [0, 0.1) is 5.41 Å². The van der Waals surface area contributed by atoms with Crippen LogP contribution in [-0.2, 0) is 4.79 Å². The Kier molecular flexibility index (Phi) is 5.09. The van der Waals surface area contributed by atoms with Gasteiger partial charge in [0.05, 0.1) is 5.41 Å². The maximum Gasteiger partial charge on any atom is 0.311 e. The third kappa shape index (κ3) is 3.48. The third-order valence-electron chi connectivity index (χ3n) is 3.93. The molecule has 21 heavy (non-hydrogen) atoms. The predicted octanol–water partition coefficient (Wildman–Crippen LogP) is 3.93. The van der Waals surface area contributed by atoms with E-state index in [2.05, 4.69) is 31.9 Å².